The minimum absolute atomic E-state index is 0.0422. The number of nitrogens with one attached hydrogen (secondary N) is 2. The minimum atomic E-state index is -0.255. The third-order valence-electron chi connectivity index (χ3n) is 4.36. The van der Waals surface area contributed by atoms with Crippen molar-refractivity contribution in [3.8, 4) is 5.75 Å². The predicted molar refractivity (Wildman–Crippen MR) is 97.1 cm³/mol. The van der Waals surface area contributed by atoms with Gasteiger partial charge in [-0.15, -0.1) is 0 Å². The molecule has 0 fully saturated rings. The van der Waals surface area contributed by atoms with Gasteiger partial charge in [-0.25, -0.2) is 4.79 Å². The predicted octanol–water partition coefficient (Wildman–Crippen LogP) is 2.13. The SMILES string of the molecule is C[C@H](NC(=O)Nc1ccn(CCN(C)C)n1)[C@H]1COc2ccccc21. The number of carbonyl (C=O) groups is 1. The number of aromatic nitrogens is 2. The summed E-state index contributed by atoms with van der Waals surface area (Å²) in [5.41, 5.74) is 1.14. The van der Waals surface area contributed by atoms with E-state index in [1.807, 2.05) is 50.1 Å². The van der Waals surface area contributed by atoms with Crippen molar-refractivity contribution >= 4 is 11.8 Å². The van der Waals surface area contributed by atoms with Gasteiger partial charge in [0.2, 0.25) is 0 Å². The van der Waals surface area contributed by atoms with Crippen LogP contribution in [0.2, 0.25) is 0 Å². The van der Waals surface area contributed by atoms with E-state index in [-0.39, 0.29) is 18.0 Å². The second-order valence-corrected chi connectivity index (χ2v) is 6.61. The van der Waals surface area contributed by atoms with E-state index in [0.29, 0.717) is 12.4 Å². The molecule has 25 heavy (non-hydrogen) atoms. The number of ether oxygens (including phenoxy) is 1. The molecular formula is C18H25N5O2. The third-order valence-corrected chi connectivity index (χ3v) is 4.36. The zero-order valence-electron chi connectivity index (χ0n) is 14.9. The van der Waals surface area contributed by atoms with Gasteiger partial charge in [-0.3, -0.25) is 10.00 Å². The number of anilines is 1. The number of hydrogen-bond acceptors (Lipinski definition) is 4. The quantitative estimate of drug-likeness (QED) is 0.843. The average Bonchev–Trinajstić information content (AvgIpc) is 3.19. The van der Waals surface area contributed by atoms with Gasteiger partial charge >= 0.3 is 6.03 Å². The molecule has 134 valence electrons. The van der Waals surface area contributed by atoms with Crippen molar-refractivity contribution in [3.05, 3.63) is 42.1 Å². The van der Waals surface area contributed by atoms with Crippen LogP contribution in [0.5, 0.6) is 5.75 Å². The number of urea groups is 1. The molecule has 2 atom stereocenters. The fourth-order valence-electron chi connectivity index (χ4n) is 2.92. The minimum Gasteiger partial charge on any atom is -0.493 e. The van der Waals surface area contributed by atoms with Crippen LogP contribution >= 0.6 is 0 Å². The Morgan fingerprint density at radius 3 is 3.00 bits per heavy atom. The number of fused-ring (bicyclic) bond motifs is 1. The molecule has 0 unspecified atom stereocenters. The normalized spacial score (nSPS) is 17.0. The Labute approximate surface area is 148 Å². The van der Waals surface area contributed by atoms with E-state index in [9.17, 15) is 4.79 Å². The number of hydrogen-bond donors (Lipinski definition) is 2. The van der Waals surface area contributed by atoms with Gasteiger partial charge in [0.05, 0.1) is 13.2 Å². The van der Waals surface area contributed by atoms with Gasteiger partial charge in [0.25, 0.3) is 0 Å². The second-order valence-electron chi connectivity index (χ2n) is 6.61. The maximum absolute atomic E-state index is 12.2. The maximum Gasteiger partial charge on any atom is 0.320 e. The lowest BCUT2D eigenvalue weighted by atomic mass is 9.94. The van der Waals surface area contributed by atoms with Gasteiger partial charge in [0.1, 0.15) is 5.75 Å². The van der Waals surface area contributed by atoms with Gasteiger partial charge in [0, 0.05) is 36.3 Å². The summed E-state index contributed by atoms with van der Waals surface area (Å²) < 4.78 is 7.51. The molecule has 2 amide bonds. The van der Waals surface area contributed by atoms with Crippen LogP contribution in [0.25, 0.3) is 0 Å². The summed E-state index contributed by atoms with van der Waals surface area (Å²) in [7, 11) is 4.03. The highest BCUT2D eigenvalue weighted by atomic mass is 16.5. The van der Waals surface area contributed by atoms with Gasteiger partial charge in [-0.1, -0.05) is 18.2 Å². The number of rotatable bonds is 6. The Hall–Kier alpha value is -2.54. The lowest BCUT2D eigenvalue weighted by Crippen LogP contribution is -2.40. The molecule has 1 aromatic heterocycles. The zero-order valence-corrected chi connectivity index (χ0v) is 14.9. The van der Waals surface area contributed by atoms with E-state index in [1.54, 1.807) is 6.07 Å². The molecule has 2 N–H and O–H groups in total. The van der Waals surface area contributed by atoms with Crippen LogP contribution in [0.3, 0.4) is 0 Å². The van der Waals surface area contributed by atoms with Crippen molar-refractivity contribution < 1.29 is 9.53 Å². The van der Waals surface area contributed by atoms with E-state index in [2.05, 4.69) is 26.7 Å². The highest BCUT2D eigenvalue weighted by molar-refractivity contribution is 5.88. The molecule has 3 rings (SSSR count). The highest BCUT2D eigenvalue weighted by Crippen LogP contribution is 2.35. The molecule has 2 heterocycles. The summed E-state index contributed by atoms with van der Waals surface area (Å²) >= 11 is 0. The topological polar surface area (TPSA) is 71.4 Å². The average molecular weight is 343 g/mol. The van der Waals surface area contributed by atoms with Crippen molar-refractivity contribution in [1.82, 2.24) is 20.0 Å². The first-order chi connectivity index (χ1) is 12.0. The fraction of sp³-hybridized carbons (Fsp3) is 0.444. The summed E-state index contributed by atoms with van der Waals surface area (Å²) in [4.78, 5) is 14.3. The molecule has 0 radical (unpaired) electrons. The highest BCUT2D eigenvalue weighted by Gasteiger charge is 2.29. The first-order valence-electron chi connectivity index (χ1n) is 8.50. The molecule has 0 saturated carbocycles. The van der Waals surface area contributed by atoms with Crippen molar-refractivity contribution in [1.29, 1.82) is 0 Å². The van der Waals surface area contributed by atoms with E-state index in [1.165, 1.54) is 0 Å². The van der Waals surface area contributed by atoms with Crippen molar-refractivity contribution in [2.45, 2.75) is 25.4 Å². The number of benzene rings is 1. The first kappa shape index (κ1) is 17.3. The smallest absolute Gasteiger partial charge is 0.320 e. The van der Waals surface area contributed by atoms with Gasteiger partial charge < -0.3 is 15.0 Å². The first-order valence-corrected chi connectivity index (χ1v) is 8.50. The summed E-state index contributed by atoms with van der Waals surface area (Å²) in [5.74, 6) is 1.60. The lowest BCUT2D eigenvalue weighted by molar-refractivity contribution is 0.244. The van der Waals surface area contributed by atoms with E-state index in [0.717, 1.165) is 24.4 Å². The number of para-hydroxylation sites is 1. The van der Waals surface area contributed by atoms with Gasteiger partial charge in [0.15, 0.2) is 5.82 Å². The molecule has 7 nitrogen and oxygen atoms in total. The molecule has 0 saturated heterocycles. The molecule has 0 bridgehead atoms. The van der Waals surface area contributed by atoms with Crippen molar-refractivity contribution in [2.24, 2.45) is 0 Å². The van der Waals surface area contributed by atoms with Crippen LogP contribution in [0.1, 0.15) is 18.4 Å². The number of carbonyl (C=O) groups excluding carboxylic acids is 1. The van der Waals surface area contributed by atoms with Crippen molar-refractivity contribution in [2.75, 3.05) is 32.6 Å². The Bertz CT molecular complexity index is 728. The maximum atomic E-state index is 12.2. The molecule has 1 aromatic carbocycles. The monoisotopic (exact) mass is 343 g/mol. The van der Waals surface area contributed by atoms with Gasteiger partial charge in [-0.05, 0) is 27.1 Å². The molecule has 0 spiro atoms. The lowest BCUT2D eigenvalue weighted by Gasteiger charge is -2.19. The summed E-state index contributed by atoms with van der Waals surface area (Å²) in [5, 5.41) is 10.1. The van der Waals surface area contributed by atoms with Crippen LogP contribution in [-0.2, 0) is 6.54 Å². The van der Waals surface area contributed by atoms with Crippen LogP contribution < -0.4 is 15.4 Å². The van der Waals surface area contributed by atoms with Crippen molar-refractivity contribution in [3.63, 3.8) is 0 Å². The zero-order chi connectivity index (χ0) is 17.8. The largest absolute Gasteiger partial charge is 0.493 e. The second kappa shape index (κ2) is 7.57. The standard InChI is InChI=1S/C18H25N5O2/c1-13(15-12-25-16-7-5-4-6-14(15)16)19-18(24)20-17-8-9-23(21-17)11-10-22(2)3/h4-9,13,15H,10-12H2,1-3H3,(H2,19,20,21,24)/t13-,15+/m0/s1. The Kier molecular flexibility index (Phi) is 5.23. The molecule has 7 heteroatoms. The summed E-state index contributed by atoms with van der Waals surface area (Å²) in [6, 6.07) is 9.47. The van der Waals surface area contributed by atoms with E-state index >= 15 is 0 Å². The number of likely N-dealkylation sites (N-methyl/N-ethyl adjacent to an activating group) is 1. The molecule has 2 aromatic rings. The van der Waals surface area contributed by atoms with E-state index in [4.69, 9.17) is 4.74 Å². The molecule has 0 aliphatic carbocycles. The number of amides is 2. The Morgan fingerprint density at radius 1 is 1.40 bits per heavy atom. The summed E-state index contributed by atoms with van der Waals surface area (Å²) in [6.45, 7) is 4.25. The fourth-order valence-corrected chi connectivity index (χ4v) is 2.92. The van der Waals surface area contributed by atoms with Gasteiger partial charge in [-0.2, -0.15) is 5.10 Å². The van der Waals surface area contributed by atoms with Crippen LogP contribution in [0.4, 0.5) is 10.6 Å². The van der Waals surface area contributed by atoms with Crippen LogP contribution in [0.15, 0.2) is 36.5 Å². The van der Waals surface area contributed by atoms with Crippen LogP contribution in [-0.4, -0.2) is 54.0 Å². The molecular weight excluding hydrogens is 318 g/mol. The van der Waals surface area contributed by atoms with Crippen LogP contribution in [0, 0.1) is 0 Å². The number of nitrogens with zero attached hydrogens (tertiary/aromatic N) is 3. The molecule has 1 aliphatic heterocycles. The third kappa shape index (κ3) is 4.30. The summed E-state index contributed by atoms with van der Waals surface area (Å²) in [6.07, 6.45) is 1.86. The Balaban J connectivity index is 1.53. The Morgan fingerprint density at radius 2 is 2.20 bits per heavy atom. The van der Waals surface area contributed by atoms with E-state index < -0.39 is 0 Å². The molecule has 1 aliphatic rings.